The Kier molecular flexibility index (Phi) is 2.58. The number of oxazole rings is 1. The maximum atomic E-state index is 12.0. The number of carbonyl (C=O) groups excluding carboxylic acids is 1. The molecule has 0 radical (unpaired) electrons. The molecule has 2 N–H and O–H groups in total. The summed E-state index contributed by atoms with van der Waals surface area (Å²) in [4.78, 5) is 36.5. The molecule has 0 aliphatic rings. The SMILES string of the molecule is CC(C)(C(=O)O)C(=O)c1ccc2[nH]c(=O)oc2c1. The summed E-state index contributed by atoms with van der Waals surface area (Å²) in [7, 11) is 0. The van der Waals surface area contributed by atoms with E-state index in [2.05, 4.69) is 4.98 Å². The summed E-state index contributed by atoms with van der Waals surface area (Å²) in [5.41, 5.74) is -0.640. The quantitative estimate of drug-likeness (QED) is 0.632. The van der Waals surface area contributed by atoms with E-state index in [9.17, 15) is 14.4 Å². The van der Waals surface area contributed by atoms with Gasteiger partial charge in [-0.25, -0.2) is 4.79 Å². The summed E-state index contributed by atoms with van der Waals surface area (Å²) in [5, 5.41) is 8.99. The van der Waals surface area contributed by atoms with Crippen molar-refractivity contribution >= 4 is 22.9 Å². The van der Waals surface area contributed by atoms with Gasteiger partial charge in [0.15, 0.2) is 11.4 Å². The second-order valence-corrected chi connectivity index (χ2v) is 4.48. The van der Waals surface area contributed by atoms with Gasteiger partial charge in [0.25, 0.3) is 0 Å². The molecule has 6 nitrogen and oxygen atoms in total. The molecule has 94 valence electrons. The van der Waals surface area contributed by atoms with Gasteiger partial charge < -0.3 is 9.52 Å². The molecule has 1 heterocycles. The average Bonchev–Trinajstić information content (AvgIpc) is 2.66. The molecule has 0 atom stereocenters. The Morgan fingerprint density at radius 3 is 2.61 bits per heavy atom. The molecule has 0 saturated carbocycles. The Morgan fingerprint density at radius 2 is 2.00 bits per heavy atom. The molecule has 1 aromatic carbocycles. The van der Waals surface area contributed by atoms with Crippen molar-refractivity contribution < 1.29 is 19.1 Å². The van der Waals surface area contributed by atoms with E-state index in [4.69, 9.17) is 9.52 Å². The molecular formula is C12H11NO5. The number of carboxylic acids is 1. The fourth-order valence-electron chi connectivity index (χ4n) is 1.54. The van der Waals surface area contributed by atoms with Crippen LogP contribution in [0.1, 0.15) is 24.2 Å². The van der Waals surface area contributed by atoms with E-state index in [0.717, 1.165) is 0 Å². The second kappa shape index (κ2) is 3.83. The first-order chi connectivity index (χ1) is 8.32. The van der Waals surface area contributed by atoms with Crippen LogP contribution >= 0.6 is 0 Å². The number of carboxylic acid groups (broad SMARTS) is 1. The molecule has 2 rings (SSSR count). The molecule has 0 bridgehead atoms. The summed E-state index contributed by atoms with van der Waals surface area (Å²) < 4.78 is 4.82. The first-order valence-corrected chi connectivity index (χ1v) is 5.23. The van der Waals surface area contributed by atoms with Gasteiger partial charge in [-0.2, -0.15) is 0 Å². The number of aliphatic carboxylic acids is 1. The Hall–Kier alpha value is -2.37. The Morgan fingerprint density at radius 1 is 1.33 bits per heavy atom. The number of aromatic nitrogens is 1. The maximum absolute atomic E-state index is 12.0. The molecule has 18 heavy (non-hydrogen) atoms. The third kappa shape index (κ3) is 1.81. The number of rotatable bonds is 3. The van der Waals surface area contributed by atoms with Gasteiger partial charge in [0.1, 0.15) is 5.41 Å². The number of Topliss-reactive ketones (excluding diaryl/α,β-unsaturated/α-hetero) is 1. The van der Waals surface area contributed by atoms with E-state index in [1.807, 2.05) is 0 Å². The smallest absolute Gasteiger partial charge is 0.417 e. The first-order valence-electron chi connectivity index (χ1n) is 5.23. The van der Waals surface area contributed by atoms with Gasteiger partial charge >= 0.3 is 11.7 Å². The highest BCUT2D eigenvalue weighted by Gasteiger charge is 2.36. The minimum Gasteiger partial charge on any atom is -0.481 e. The van der Waals surface area contributed by atoms with E-state index < -0.39 is 22.9 Å². The minimum atomic E-state index is -1.52. The van der Waals surface area contributed by atoms with Crippen LogP contribution in [0.15, 0.2) is 27.4 Å². The molecule has 1 aromatic heterocycles. The zero-order valence-electron chi connectivity index (χ0n) is 9.81. The molecule has 0 unspecified atom stereocenters. The highest BCUT2D eigenvalue weighted by Crippen LogP contribution is 2.24. The van der Waals surface area contributed by atoms with Crippen molar-refractivity contribution in [1.29, 1.82) is 0 Å². The molecule has 0 aliphatic heterocycles. The Bertz CT molecular complexity index is 692. The average molecular weight is 249 g/mol. The van der Waals surface area contributed by atoms with Gasteiger partial charge in [0.2, 0.25) is 0 Å². The van der Waals surface area contributed by atoms with Gasteiger partial charge in [-0.05, 0) is 32.0 Å². The molecule has 0 spiro atoms. The fraction of sp³-hybridized carbons (Fsp3) is 0.250. The van der Waals surface area contributed by atoms with Gasteiger partial charge in [-0.3, -0.25) is 14.6 Å². The van der Waals surface area contributed by atoms with Crippen LogP contribution in [-0.4, -0.2) is 21.8 Å². The molecule has 0 aliphatic carbocycles. The minimum absolute atomic E-state index is 0.192. The number of nitrogens with one attached hydrogen (secondary N) is 1. The molecular weight excluding hydrogens is 238 g/mol. The number of ketones is 1. The van der Waals surface area contributed by atoms with Crippen LogP contribution in [0.4, 0.5) is 0 Å². The van der Waals surface area contributed by atoms with Crippen LogP contribution < -0.4 is 5.76 Å². The molecule has 0 fully saturated rings. The summed E-state index contributed by atoms with van der Waals surface area (Å²) in [6, 6.07) is 4.33. The standard InChI is InChI=1S/C12H11NO5/c1-12(2,10(15)16)9(14)6-3-4-7-8(5-6)18-11(17)13-7/h3-5H,1-2H3,(H,13,17)(H,15,16). The summed E-state index contributed by atoms with van der Waals surface area (Å²) in [6.45, 7) is 2.66. The van der Waals surface area contributed by atoms with E-state index in [1.165, 1.54) is 32.0 Å². The van der Waals surface area contributed by atoms with Crippen molar-refractivity contribution in [1.82, 2.24) is 4.98 Å². The van der Waals surface area contributed by atoms with Crippen LogP contribution in [0.25, 0.3) is 11.1 Å². The number of aromatic amines is 1. The Balaban J connectivity index is 2.51. The molecule has 0 amide bonds. The normalized spacial score (nSPS) is 11.7. The van der Waals surface area contributed by atoms with Crippen molar-refractivity contribution in [2.24, 2.45) is 5.41 Å². The van der Waals surface area contributed by atoms with Crippen LogP contribution in [0.5, 0.6) is 0 Å². The van der Waals surface area contributed by atoms with Crippen molar-refractivity contribution in [3.05, 3.63) is 34.3 Å². The highest BCUT2D eigenvalue weighted by atomic mass is 16.4. The van der Waals surface area contributed by atoms with Crippen molar-refractivity contribution in [3.63, 3.8) is 0 Å². The van der Waals surface area contributed by atoms with Crippen LogP contribution in [0.3, 0.4) is 0 Å². The van der Waals surface area contributed by atoms with Crippen molar-refractivity contribution in [3.8, 4) is 0 Å². The lowest BCUT2D eigenvalue weighted by Gasteiger charge is -2.17. The predicted molar refractivity (Wildman–Crippen MR) is 62.6 cm³/mol. The number of carbonyl (C=O) groups is 2. The first kappa shape index (κ1) is 12.1. The topological polar surface area (TPSA) is 100 Å². The third-order valence-corrected chi connectivity index (χ3v) is 2.79. The predicted octanol–water partition coefficient (Wildman–Crippen LogP) is 1.41. The number of hydrogen-bond donors (Lipinski definition) is 2. The van der Waals surface area contributed by atoms with Gasteiger partial charge in [-0.15, -0.1) is 0 Å². The summed E-state index contributed by atoms with van der Waals surface area (Å²) in [6.07, 6.45) is 0. The molecule has 0 saturated heterocycles. The molecule has 6 heteroatoms. The zero-order valence-corrected chi connectivity index (χ0v) is 9.81. The molecule has 2 aromatic rings. The monoisotopic (exact) mass is 249 g/mol. The number of H-pyrrole nitrogens is 1. The Labute approximate surface area is 101 Å². The van der Waals surface area contributed by atoms with E-state index in [1.54, 1.807) is 0 Å². The largest absolute Gasteiger partial charge is 0.481 e. The van der Waals surface area contributed by atoms with E-state index >= 15 is 0 Å². The highest BCUT2D eigenvalue weighted by molar-refractivity contribution is 6.12. The van der Waals surface area contributed by atoms with E-state index in [0.29, 0.717) is 5.52 Å². The number of hydrogen-bond acceptors (Lipinski definition) is 4. The summed E-state index contributed by atoms with van der Waals surface area (Å²) in [5.74, 6) is -2.36. The van der Waals surface area contributed by atoms with Crippen molar-refractivity contribution in [2.75, 3.05) is 0 Å². The van der Waals surface area contributed by atoms with Gasteiger partial charge in [0, 0.05) is 5.56 Å². The van der Waals surface area contributed by atoms with E-state index in [-0.39, 0.29) is 11.1 Å². The van der Waals surface area contributed by atoms with Crippen LogP contribution in [0, 0.1) is 5.41 Å². The lowest BCUT2D eigenvalue weighted by molar-refractivity contribution is -0.144. The fourth-order valence-corrected chi connectivity index (χ4v) is 1.54. The lowest BCUT2D eigenvalue weighted by atomic mass is 9.84. The van der Waals surface area contributed by atoms with Gasteiger partial charge in [0.05, 0.1) is 5.52 Å². The summed E-state index contributed by atoms with van der Waals surface area (Å²) >= 11 is 0. The van der Waals surface area contributed by atoms with Gasteiger partial charge in [-0.1, -0.05) is 0 Å². The zero-order chi connectivity index (χ0) is 13.5. The second-order valence-electron chi connectivity index (χ2n) is 4.48. The maximum Gasteiger partial charge on any atom is 0.417 e. The van der Waals surface area contributed by atoms with Crippen LogP contribution in [0.2, 0.25) is 0 Å². The number of benzene rings is 1. The van der Waals surface area contributed by atoms with Crippen molar-refractivity contribution in [2.45, 2.75) is 13.8 Å². The lowest BCUT2D eigenvalue weighted by Crippen LogP contribution is -2.33. The van der Waals surface area contributed by atoms with Crippen LogP contribution in [-0.2, 0) is 4.79 Å². The number of fused-ring (bicyclic) bond motifs is 1. The third-order valence-electron chi connectivity index (χ3n) is 2.79.